The van der Waals surface area contributed by atoms with Crippen molar-refractivity contribution in [3.63, 3.8) is 0 Å². The van der Waals surface area contributed by atoms with Crippen LogP contribution in [0.1, 0.15) is 11.0 Å². The molecule has 0 amide bonds. The molecule has 14 rings (SSSR count). The second kappa shape index (κ2) is 13.6. The highest BCUT2D eigenvalue weighted by Gasteiger charge is 2.24. The van der Waals surface area contributed by atoms with Crippen LogP contribution in [0.15, 0.2) is 218 Å². The zero-order valence-electron chi connectivity index (χ0n) is 41.9. The molecule has 0 radical (unpaired) electrons. The van der Waals surface area contributed by atoms with E-state index in [0.29, 0.717) is 55.3 Å². The standard InChI is InChI=1S/C59H36N4S/c1-8-24-49-40(16-1)41-17-2-9-25-50(41)61(49)38-35-48(60-58(36-38)63-53-28-12-5-20-44(53)45-21-6-13-29-54(45)63)59-39(37-32-33-57-47(34-37)46-22-7-14-31-56(46)64-57)23-15-30-55(59)62-51-26-10-3-18-42(51)43-19-4-11-27-52(43)62/h1-36H/i1D,5D,8D,12D,16D,20D,24D,28D. The molecule has 0 atom stereocenters. The Kier molecular flexibility index (Phi) is 6.04. The number of hydrogen-bond acceptors (Lipinski definition) is 2. The van der Waals surface area contributed by atoms with E-state index in [2.05, 4.69) is 102 Å². The van der Waals surface area contributed by atoms with Crippen molar-refractivity contribution in [1.82, 2.24) is 18.7 Å². The first-order chi connectivity index (χ1) is 35.1. The average molecular weight is 841 g/mol. The third kappa shape index (κ3) is 5.07. The lowest BCUT2D eigenvalue weighted by Crippen LogP contribution is -2.05. The van der Waals surface area contributed by atoms with Gasteiger partial charge in [0.2, 0.25) is 0 Å². The van der Waals surface area contributed by atoms with Gasteiger partial charge in [-0.2, -0.15) is 0 Å². The number of fused-ring (bicyclic) bond motifs is 12. The van der Waals surface area contributed by atoms with Crippen LogP contribution in [0.3, 0.4) is 0 Å². The molecule has 0 aliphatic rings. The lowest BCUT2D eigenvalue weighted by atomic mass is 9.94. The summed E-state index contributed by atoms with van der Waals surface area (Å²) in [5, 5.41) is 6.46. The van der Waals surface area contributed by atoms with Crippen LogP contribution in [-0.2, 0) is 0 Å². The van der Waals surface area contributed by atoms with Crippen molar-refractivity contribution in [3.05, 3.63) is 218 Å². The number of rotatable bonds is 5. The van der Waals surface area contributed by atoms with E-state index in [0.717, 1.165) is 59.7 Å². The zero-order chi connectivity index (χ0) is 48.8. The monoisotopic (exact) mass is 840 g/mol. The summed E-state index contributed by atoms with van der Waals surface area (Å²) in [6, 6.07) is 54.8. The fraction of sp³-hybridized carbons (Fsp3) is 0. The zero-order valence-corrected chi connectivity index (χ0v) is 34.7. The van der Waals surface area contributed by atoms with Gasteiger partial charge in [0.05, 0.1) is 61.1 Å². The van der Waals surface area contributed by atoms with Gasteiger partial charge < -0.3 is 9.13 Å². The Morgan fingerprint density at radius 3 is 1.59 bits per heavy atom. The van der Waals surface area contributed by atoms with Crippen LogP contribution in [0, 0.1) is 0 Å². The van der Waals surface area contributed by atoms with Gasteiger partial charge in [0.15, 0.2) is 0 Å². The molecule has 0 bridgehead atoms. The lowest BCUT2D eigenvalue weighted by Gasteiger charge is -2.20. The van der Waals surface area contributed by atoms with Gasteiger partial charge in [-0.3, -0.25) is 4.57 Å². The predicted octanol–water partition coefficient (Wildman–Crippen LogP) is 16.1. The number of para-hydroxylation sites is 6. The summed E-state index contributed by atoms with van der Waals surface area (Å²) >= 11 is 1.75. The van der Waals surface area contributed by atoms with Crippen LogP contribution in [0.4, 0.5) is 0 Å². The first kappa shape index (κ1) is 28.4. The number of hydrogen-bond donors (Lipinski definition) is 0. The highest BCUT2D eigenvalue weighted by Crippen LogP contribution is 2.45. The summed E-state index contributed by atoms with van der Waals surface area (Å²) in [5.74, 6) is 0.341. The highest BCUT2D eigenvalue weighted by atomic mass is 32.1. The minimum atomic E-state index is -0.373. The number of benzene rings is 9. The Balaban J connectivity index is 1.19. The van der Waals surface area contributed by atoms with Gasteiger partial charge in [-0.15, -0.1) is 11.3 Å². The average Bonchev–Trinajstić information content (AvgIpc) is 4.17. The third-order valence-corrected chi connectivity index (χ3v) is 13.9. The fourth-order valence-corrected chi connectivity index (χ4v) is 11.1. The largest absolute Gasteiger partial charge is 0.309 e. The summed E-state index contributed by atoms with van der Waals surface area (Å²) in [6.45, 7) is 0. The first-order valence-electron chi connectivity index (χ1n) is 25.1. The molecule has 298 valence electrons. The Labute approximate surface area is 383 Å². The van der Waals surface area contributed by atoms with Crippen molar-refractivity contribution >= 4 is 96.9 Å². The molecule has 5 heteroatoms. The molecule has 0 aliphatic heterocycles. The summed E-state index contributed by atoms with van der Waals surface area (Å²) in [7, 11) is 0. The van der Waals surface area contributed by atoms with E-state index in [-0.39, 0.29) is 53.9 Å². The summed E-state index contributed by atoms with van der Waals surface area (Å²) < 4.78 is 81.2. The van der Waals surface area contributed by atoms with Gasteiger partial charge >= 0.3 is 0 Å². The lowest BCUT2D eigenvalue weighted by molar-refractivity contribution is 1.06. The van der Waals surface area contributed by atoms with Crippen LogP contribution in [0.2, 0.25) is 0 Å². The number of aromatic nitrogens is 4. The molecule has 0 unspecified atom stereocenters. The predicted molar refractivity (Wildman–Crippen MR) is 271 cm³/mol. The second-order valence-corrected chi connectivity index (χ2v) is 17.2. The van der Waals surface area contributed by atoms with E-state index in [4.69, 9.17) is 10.5 Å². The van der Waals surface area contributed by atoms with Gasteiger partial charge in [-0.25, -0.2) is 4.98 Å². The molecule has 4 nitrogen and oxygen atoms in total. The van der Waals surface area contributed by atoms with E-state index >= 15 is 0 Å². The summed E-state index contributed by atoms with van der Waals surface area (Å²) in [6.07, 6.45) is 0. The fourth-order valence-electron chi connectivity index (χ4n) is 10.0. The quantitative estimate of drug-likeness (QED) is 0.170. The Bertz CT molecular complexity index is 4490. The van der Waals surface area contributed by atoms with Crippen LogP contribution in [0.25, 0.3) is 125 Å². The van der Waals surface area contributed by atoms with Gasteiger partial charge in [-0.05, 0) is 77.8 Å². The Morgan fingerprint density at radius 1 is 0.391 bits per heavy atom. The molecular weight excluding hydrogens is 797 g/mol. The van der Waals surface area contributed by atoms with Crippen LogP contribution < -0.4 is 0 Å². The number of thiophene rings is 1. The molecule has 0 spiro atoms. The van der Waals surface area contributed by atoms with Gasteiger partial charge in [0.1, 0.15) is 5.82 Å². The van der Waals surface area contributed by atoms with Crippen molar-refractivity contribution in [2.75, 3.05) is 0 Å². The van der Waals surface area contributed by atoms with Crippen molar-refractivity contribution in [2.24, 2.45) is 0 Å². The van der Waals surface area contributed by atoms with Crippen molar-refractivity contribution in [1.29, 1.82) is 0 Å². The van der Waals surface area contributed by atoms with Crippen LogP contribution >= 0.6 is 11.3 Å². The smallest absolute Gasteiger partial charge is 0.140 e. The maximum atomic E-state index is 9.49. The Morgan fingerprint density at radius 2 is 0.922 bits per heavy atom. The molecule has 14 aromatic rings. The van der Waals surface area contributed by atoms with Gasteiger partial charge in [-0.1, -0.05) is 145 Å². The van der Waals surface area contributed by atoms with Gasteiger partial charge in [0, 0.05) is 64.1 Å². The molecule has 0 N–H and O–H groups in total. The van der Waals surface area contributed by atoms with E-state index in [1.165, 1.54) is 4.70 Å². The minimum Gasteiger partial charge on any atom is -0.309 e. The van der Waals surface area contributed by atoms with Crippen molar-refractivity contribution in [3.8, 4) is 39.6 Å². The van der Waals surface area contributed by atoms with E-state index in [1.54, 1.807) is 11.3 Å². The van der Waals surface area contributed by atoms with Crippen LogP contribution in [0.5, 0.6) is 0 Å². The molecule has 64 heavy (non-hydrogen) atoms. The van der Waals surface area contributed by atoms with Crippen molar-refractivity contribution < 1.29 is 11.0 Å². The minimum absolute atomic E-state index is 0.149. The molecule has 0 saturated carbocycles. The number of pyridine rings is 1. The molecule has 0 saturated heterocycles. The Hall–Kier alpha value is -8.25. The molecular formula is C59H36N4S. The SMILES string of the molecule is [2H]c1c([2H])c([2H])c2c(c1[2H])c1ccccc1n2-c1cc(-c2c(-c3ccc4sc5ccccc5c4c3)cccc2-n2c3ccccc3c3ccccc32)nc(-n2c3ccccc3c3c([2H])c([2H])c([2H])c([2H])c32)c1. The maximum absolute atomic E-state index is 9.49. The number of nitrogens with zero attached hydrogens (tertiary/aromatic N) is 4. The highest BCUT2D eigenvalue weighted by molar-refractivity contribution is 7.25. The maximum Gasteiger partial charge on any atom is 0.140 e. The normalized spacial score (nSPS) is 13.8. The molecule has 9 aromatic carbocycles. The van der Waals surface area contributed by atoms with E-state index in [9.17, 15) is 5.48 Å². The first-order valence-corrected chi connectivity index (χ1v) is 22.0. The second-order valence-electron chi connectivity index (χ2n) is 16.1. The van der Waals surface area contributed by atoms with Gasteiger partial charge in [0.25, 0.3) is 0 Å². The molecule has 5 heterocycles. The summed E-state index contributed by atoms with van der Waals surface area (Å²) in [5.41, 5.74) is 8.29. The van der Waals surface area contributed by atoms with E-state index in [1.807, 2.05) is 81.9 Å². The molecule has 0 aliphatic carbocycles. The molecule has 5 aromatic heterocycles. The van der Waals surface area contributed by atoms with Crippen LogP contribution in [-0.4, -0.2) is 18.7 Å². The van der Waals surface area contributed by atoms with E-state index < -0.39 is 0 Å². The topological polar surface area (TPSA) is 27.7 Å². The third-order valence-electron chi connectivity index (χ3n) is 12.7. The molecule has 0 fully saturated rings. The summed E-state index contributed by atoms with van der Waals surface area (Å²) in [4.78, 5) is 5.66. The van der Waals surface area contributed by atoms with Crippen molar-refractivity contribution in [2.45, 2.75) is 0 Å².